The number of benzene rings is 1. The molecule has 3 aliphatic rings. The molecule has 35 heavy (non-hydrogen) atoms. The van der Waals surface area contributed by atoms with Crippen molar-refractivity contribution in [3.63, 3.8) is 0 Å². The molecule has 2 aromatic rings. The van der Waals surface area contributed by atoms with E-state index in [0.29, 0.717) is 17.9 Å². The van der Waals surface area contributed by atoms with Crippen LogP contribution >= 0.6 is 0 Å². The van der Waals surface area contributed by atoms with Crippen molar-refractivity contribution in [3.05, 3.63) is 53.2 Å². The van der Waals surface area contributed by atoms with Gasteiger partial charge >= 0.3 is 5.97 Å². The van der Waals surface area contributed by atoms with Crippen molar-refractivity contribution in [2.24, 2.45) is 11.8 Å². The number of piperidine rings is 1. The monoisotopic (exact) mass is 478 g/mol. The molecule has 1 aromatic carbocycles. The summed E-state index contributed by atoms with van der Waals surface area (Å²) in [6, 6.07) is 12.5. The largest absolute Gasteiger partial charge is 0.491 e. The van der Waals surface area contributed by atoms with Gasteiger partial charge in [0.15, 0.2) is 0 Å². The number of nitrogens with zero attached hydrogens (tertiary/aromatic N) is 2. The number of hydrogen-bond acceptors (Lipinski definition) is 6. The van der Waals surface area contributed by atoms with Crippen molar-refractivity contribution in [2.75, 3.05) is 31.5 Å². The van der Waals surface area contributed by atoms with Crippen LogP contribution in [0.1, 0.15) is 56.0 Å². The molecule has 3 heterocycles. The van der Waals surface area contributed by atoms with Crippen LogP contribution in [-0.4, -0.2) is 59.3 Å². The van der Waals surface area contributed by atoms with Gasteiger partial charge in [0.1, 0.15) is 11.6 Å². The number of fused-ring (bicyclic) bond motifs is 2. The molecule has 1 saturated heterocycles. The van der Waals surface area contributed by atoms with Gasteiger partial charge in [-0.3, -0.25) is 4.79 Å². The van der Waals surface area contributed by atoms with E-state index in [1.54, 1.807) is 0 Å². The molecule has 3 N–H and O–H groups in total. The molecule has 1 saturated carbocycles. The highest BCUT2D eigenvalue weighted by molar-refractivity contribution is 5.68. The van der Waals surface area contributed by atoms with Gasteiger partial charge < -0.3 is 25.4 Å². The van der Waals surface area contributed by atoms with Crippen LogP contribution in [0.4, 0.5) is 5.82 Å². The Balaban J connectivity index is 1.08. The molecule has 0 radical (unpaired) electrons. The lowest BCUT2D eigenvalue weighted by Gasteiger charge is -2.23. The Morgan fingerprint density at radius 3 is 2.69 bits per heavy atom. The third-order valence-corrected chi connectivity index (χ3v) is 7.56. The van der Waals surface area contributed by atoms with E-state index in [-0.39, 0.29) is 18.6 Å². The summed E-state index contributed by atoms with van der Waals surface area (Å²) in [7, 11) is 0. The predicted octanol–water partition coefficient (Wildman–Crippen LogP) is 3.90. The summed E-state index contributed by atoms with van der Waals surface area (Å²) in [6.45, 7) is 8.33. The first-order valence-corrected chi connectivity index (χ1v) is 13.2. The summed E-state index contributed by atoms with van der Waals surface area (Å²) in [5.74, 6) is 2.38. The summed E-state index contributed by atoms with van der Waals surface area (Å²) in [5.41, 5.74) is 3.54. The number of ether oxygens (including phenoxy) is 1. The molecule has 4 atom stereocenters. The van der Waals surface area contributed by atoms with Crippen LogP contribution in [0.3, 0.4) is 0 Å². The molecule has 2 fully saturated rings. The summed E-state index contributed by atoms with van der Waals surface area (Å²) in [6.07, 6.45) is 4.67. The number of aromatic nitrogens is 1. The summed E-state index contributed by atoms with van der Waals surface area (Å²) in [4.78, 5) is 18.9. The van der Waals surface area contributed by atoms with E-state index < -0.39 is 5.97 Å². The van der Waals surface area contributed by atoms with Crippen LogP contribution in [-0.2, 0) is 17.6 Å². The van der Waals surface area contributed by atoms with Crippen LogP contribution in [0.15, 0.2) is 36.4 Å². The zero-order chi connectivity index (χ0) is 24.4. The minimum Gasteiger partial charge on any atom is -0.491 e. The molecule has 7 nitrogen and oxygen atoms in total. The maximum Gasteiger partial charge on any atom is 0.305 e. The first-order valence-electron chi connectivity index (χ1n) is 13.2. The molecule has 2 unspecified atom stereocenters. The van der Waals surface area contributed by atoms with E-state index >= 15 is 0 Å². The smallest absolute Gasteiger partial charge is 0.305 e. The van der Waals surface area contributed by atoms with E-state index in [4.69, 9.17) is 9.72 Å². The molecule has 1 aromatic heterocycles. The number of carbonyl (C=O) groups is 1. The lowest BCUT2D eigenvalue weighted by Crippen LogP contribution is -2.34. The van der Waals surface area contributed by atoms with Crippen molar-refractivity contribution in [2.45, 2.75) is 64.1 Å². The van der Waals surface area contributed by atoms with Gasteiger partial charge in [-0.15, -0.1) is 0 Å². The van der Waals surface area contributed by atoms with Crippen LogP contribution in [0.25, 0.3) is 0 Å². The molecule has 188 valence electrons. The van der Waals surface area contributed by atoms with Gasteiger partial charge in [-0.05, 0) is 87.2 Å². The predicted molar refractivity (Wildman–Crippen MR) is 137 cm³/mol. The fraction of sp³-hybridized carbons (Fsp3) is 0.571. The molecule has 5 rings (SSSR count). The van der Waals surface area contributed by atoms with Gasteiger partial charge in [0.05, 0.1) is 12.5 Å². The third-order valence-electron chi connectivity index (χ3n) is 7.56. The topological polar surface area (TPSA) is 86.7 Å². The highest BCUT2D eigenvalue weighted by Gasteiger charge is 2.55. The van der Waals surface area contributed by atoms with E-state index in [2.05, 4.69) is 27.7 Å². The van der Waals surface area contributed by atoms with Crippen molar-refractivity contribution in [1.29, 1.82) is 0 Å². The van der Waals surface area contributed by atoms with Crippen molar-refractivity contribution < 1.29 is 14.6 Å². The number of hydrogen-bond donors (Lipinski definition) is 3. The lowest BCUT2D eigenvalue weighted by atomic mass is 10.0. The van der Waals surface area contributed by atoms with Crippen molar-refractivity contribution >= 4 is 11.8 Å². The van der Waals surface area contributed by atoms with Gasteiger partial charge in [-0.2, -0.15) is 0 Å². The first-order chi connectivity index (χ1) is 17.0. The Hall–Kier alpha value is -2.64. The highest BCUT2D eigenvalue weighted by Crippen LogP contribution is 2.46. The number of likely N-dealkylation sites (tertiary alicyclic amines) is 1. The van der Waals surface area contributed by atoms with Gasteiger partial charge in [0.2, 0.25) is 0 Å². The Morgan fingerprint density at radius 2 is 1.97 bits per heavy atom. The van der Waals surface area contributed by atoms with Crippen LogP contribution in [0.2, 0.25) is 0 Å². The maximum atomic E-state index is 11.5. The molecule has 0 amide bonds. The number of pyridine rings is 1. The highest BCUT2D eigenvalue weighted by atomic mass is 16.5. The normalized spacial score (nSPS) is 23.9. The van der Waals surface area contributed by atoms with E-state index in [1.807, 2.05) is 38.1 Å². The maximum absolute atomic E-state index is 11.5. The zero-order valence-corrected chi connectivity index (χ0v) is 20.9. The fourth-order valence-electron chi connectivity index (χ4n) is 5.77. The van der Waals surface area contributed by atoms with Crippen molar-refractivity contribution in [1.82, 2.24) is 15.2 Å². The molecule has 0 bridgehead atoms. The summed E-state index contributed by atoms with van der Waals surface area (Å²) < 4.78 is 5.73. The number of aryl methyl sites for hydroxylation is 2. The van der Waals surface area contributed by atoms with E-state index in [1.165, 1.54) is 17.7 Å². The molecule has 2 aliphatic heterocycles. The quantitative estimate of drug-likeness (QED) is 0.452. The van der Waals surface area contributed by atoms with Crippen LogP contribution in [0.5, 0.6) is 5.75 Å². The number of carboxylic acids is 1. The number of nitrogens with one attached hydrogen (secondary N) is 2. The van der Waals surface area contributed by atoms with Crippen molar-refractivity contribution in [3.8, 4) is 5.75 Å². The second-order valence-corrected chi connectivity index (χ2v) is 10.6. The number of anilines is 1. The first kappa shape index (κ1) is 24.1. The number of rotatable bonds is 11. The lowest BCUT2D eigenvalue weighted by molar-refractivity contribution is -0.137. The fourth-order valence-corrected chi connectivity index (χ4v) is 5.77. The minimum atomic E-state index is -0.775. The standard InChI is InChI=1S/C28H38N4O3/c1-18(2)35-22-11-8-19(9-12-22)25(15-26(33)34)31-27-23-16-32(17-24(23)27)14-4-6-21-10-7-20-5-3-13-29-28(20)30-21/h7-12,18,23-25,27,31H,3-6,13-17H2,1-2H3,(H,29,30)(H,33,34)/t23-,24+,25?,27?. The zero-order valence-electron chi connectivity index (χ0n) is 20.9. The third kappa shape index (κ3) is 5.96. The molecule has 1 aliphatic carbocycles. The molecule has 7 heteroatoms. The Labute approximate surface area is 208 Å². The Morgan fingerprint density at radius 1 is 1.20 bits per heavy atom. The molecular weight excluding hydrogens is 440 g/mol. The van der Waals surface area contributed by atoms with Gasteiger partial charge in [0.25, 0.3) is 0 Å². The van der Waals surface area contributed by atoms with Gasteiger partial charge in [-0.1, -0.05) is 18.2 Å². The Bertz CT molecular complexity index is 1010. The molecule has 0 spiro atoms. The van der Waals surface area contributed by atoms with E-state index in [0.717, 1.165) is 62.6 Å². The average Bonchev–Trinajstić information content (AvgIpc) is 3.27. The SMILES string of the molecule is CC(C)Oc1ccc(C(CC(=O)O)NC2[C@H]3CN(CCCc4ccc5c(n4)NCCC5)C[C@@H]23)cc1. The number of carboxylic acid groups (broad SMARTS) is 1. The van der Waals surface area contributed by atoms with Crippen LogP contribution in [0, 0.1) is 11.8 Å². The average molecular weight is 479 g/mol. The van der Waals surface area contributed by atoms with Gasteiger partial charge in [-0.25, -0.2) is 4.98 Å². The Kier molecular flexibility index (Phi) is 7.25. The minimum absolute atomic E-state index is 0.0900. The second kappa shape index (κ2) is 10.5. The van der Waals surface area contributed by atoms with Gasteiger partial charge in [0, 0.05) is 37.4 Å². The second-order valence-electron chi connectivity index (χ2n) is 10.6. The molecular formula is C28H38N4O3. The number of aliphatic carboxylic acids is 1. The van der Waals surface area contributed by atoms with Crippen LogP contribution < -0.4 is 15.4 Å². The summed E-state index contributed by atoms with van der Waals surface area (Å²) in [5, 5.41) is 16.6. The summed E-state index contributed by atoms with van der Waals surface area (Å²) >= 11 is 0. The van der Waals surface area contributed by atoms with E-state index in [9.17, 15) is 9.90 Å².